The van der Waals surface area contributed by atoms with Gasteiger partial charge < -0.3 is 0 Å². The second-order valence-electron chi connectivity index (χ2n) is 28.4. The summed E-state index contributed by atoms with van der Waals surface area (Å²) < 4.78 is 0. The maximum atomic E-state index is 5.47. The molecule has 4 heterocycles. The SMILES string of the molecule is c1cncc(-c2cccc(-c3nc(-c4ccc(-c5cc6ccc(-c7ccc8cc(-c9ccc(-c%10cc(-c%11ccc%12ccc%13cccc%14ccc%11c%12c%13%14)nc(-c%11ccccc%11-c%11cccnc%11)n%10)cc9)c9ccccc9c8c7)cc6c6ccccc56)cc4)cc(-c4ccc5ccc6cccc7ccc4c5c67)n3)c2)c1. The number of rotatable bonds is 11. The molecule has 6 nitrogen and oxygen atoms in total. The minimum Gasteiger partial charge on any atom is -0.264 e. The molecule has 498 valence electrons. The van der Waals surface area contributed by atoms with E-state index in [1.54, 1.807) is 0 Å². The van der Waals surface area contributed by atoms with Gasteiger partial charge in [0, 0.05) is 69.3 Å². The molecule has 0 amide bonds. The van der Waals surface area contributed by atoms with E-state index in [9.17, 15) is 0 Å². The molecule has 18 aromatic carbocycles. The largest absolute Gasteiger partial charge is 0.264 e. The van der Waals surface area contributed by atoms with Crippen molar-refractivity contribution in [3.8, 4) is 123 Å². The van der Waals surface area contributed by atoms with E-state index in [4.69, 9.17) is 19.9 Å². The number of hydrogen-bond donors (Lipinski definition) is 0. The fourth-order valence-electron chi connectivity index (χ4n) is 17.1. The highest BCUT2D eigenvalue weighted by atomic mass is 14.9. The first-order valence-electron chi connectivity index (χ1n) is 36.7. The second kappa shape index (κ2) is 24.6. The number of benzene rings is 18. The average molecular weight is 1370 g/mol. The van der Waals surface area contributed by atoms with Crippen molar-refractivity contribution in [3.63, 3.8) is 0 Å². The molecule has 0 fully saturated rings. The van der Waals surface area contributed by atoms with Crippen LogP contribution in [0.1, 0.15) is 0 Å². The zero-order valence-electron chi connectivity index (χ0n) is 58.3. The monoisotopic (exact) mass is 1370 g/mol. The van der Waals surface area contributed by atoms with Crippen molar-refractivity contribution < 1.29 is 0 Å². The number of hydrogen-bond acceptors (Lipinski definition) is 6. The first-order valence-corrected chi connectivity index (χ1v) is 36.7. The maximum absolute atomic E-state index is 5.47. The minimum atomic E-state index is 0.656. The molecule has 4 aromatic heterocycles. The van der Waals surface area contributed by atoms with E-state index in [1.807, 2.05) is 36.9 Å². The average Bonchev–Trinajstić information content (AvgIpc) is 0.743. The normalized spacial score (nSPS) is 11.9. The standard InChI is InChI=1S/C102H60N6/c1-6-25-88(79(20-1)78-19-11-51-104-60-78)102-106-94(58-96(108-102)85-47-43-70-37-35-66-13-8-15-68-45-49-87(85)100(70)98(66)68)64-32-28-62(29-33-64)90-56-75-41-39-73(54-92(75)83-24-5-3-22-81(83)90)72-38-40-74-55-89(80-21-2-4-23-82(80)91(74)53-72)61-26-30-63(31-27-61)93-57-95(107-101(105-93)76-17-9-16-71(52-76)77-18-10-50-103-59-77)84-46-42-69-36-34-65-12-7-14-67-44-48-86(84)99(69)97(65)67/h1-60H. The van der Waals surface area contributed by atoms with E-state index >= 15 is 0 Å². The van der Waals surface area contributed by atoms with Crippen molar-refractivity contribution in [2.75, 3.05) is 0 Å². The van der Waals surface area contributed by atoms with Crippen LogP contribution in [0.5, 0.6) is 0 Å². The maximum Gasteiger partial charge on any atom is 0.161 e. The summed E-state index contributed by atoms with van der Waals surface area (Å²) in [5.74, 6) is 1.32. The molecule has 0 aliphatic heterocycles. The van der Waals surface area contributed by atoms with E-state index < -0.39 is 0 Å². The third-order valence-electron chi connectivity index (χ3n) is 22.4. The van der Waals surface area contributed by atoms with Gasteiger partial charge in [-0.25, -0.2) is 19.9 Å². The van der Waals surface area contributed by atoms with Crippen LogP contribution in [-0.4, -0.2) is 29.9 Å². The fourth-order valence-corrected chi connectivity index (χ4v) is 17.1. The van der Waals surface area contributed by atoms with Crippen molar-refractivity contribution in [2.45, 2.75) is 0 Å². The Kier molecular flexibility index (Phi) is 13.9. The molecule has 0 unspecified atom stereocenters. The van der Waals surface area contributed by atoms with Crippen LogP contribution in [0.4, 0.5) is 0 Å². The molecule has 0 aliphatic carbocycles. The van der Waals surface area contributed by atoms with Crippen LogP contribution in [-0.2, 0) is 0 Å². The van der Waals surface area contributed by atoms with Crippen molar-refractivity contribution >= 4 is 108 Å². The van der Waals surface area contributed by atoms with Gasteiger partial charge in [0.2, 0.25) is 0 Å². The number of fused-ring (bicyclic) bond motifs is 6. The van der Waals surface area contributed by atoms with Gasteiger partial charge in [-0.3, -0.25) is 9.97 Å². The lowest BCUT2D eigenvalue weighted by Gasteiger charge is -2.16. The third-order valence-corrected chi connectivity index (χ3v) is 22.4. The Morgan fingerprint density at radius 3 is 1.06 bits per heavy atom. The third kappa shape index (κ3) is 10.1. The van der Waals surface area contributed by atoms with Crippen molar-refractivity contribution in [1.82, 2.24) is 29.9 Å². The minimum absolute atomic E-state index is 0.656. The predicted molar refractivity (Wildman–Crippen MR) is 450 cm³/mol. The summed E-state index contributed by atoms with van der Waals surface area (Å²) in [6.07, 6.45) is 7.43. The fraction of sp³-hybridized carbons (Fsp3) is 0. The molecule has 22 aromatic rings. The van der Waals surface area contributed by atoms with Crippen LogP contribution in [0.25, 0.3) is 231 Å². The summed E-state index contributed by atoms with van der Waals surface area (Å²) in [5.41, 5.74) is 20.5. The molecule has 0 aliphatic rings. The van der Waals surface area contributed by atoms with Gasteiger partial charge in [0.05, 0.1) is 22.8 Å². The van der Waals surface area contributed by atoms with Crippen molar-refractivity contribution in [1.29, 1.82) is 0 Å². The van der Waals surface area contributed by atoms with Gasteiger partial charge in [-0.2, -0.15) is 0 Å². The first kappa shape index (κ1) is 61.1. The van der Waals surface area contributed by atoms with Crippen LogP contribution in [0, 0.1) is 0 Å². The van der Waals surface area contributed by atoms with Crippen LogP contribution in [0.3, 0.4) is 0 Å². The molecular weight excluding hydrogens is 1310 g/mol. The van der Waals surface area contributed by atoms with Crippen LogP contribution >= 0.6 is 0 Å². The molecule has 0 saturated heterocycles. The zero-order chi connectivity index (χ0) is 70.9. The van der Waals surface area contributed by atoms with E-state index in [0.717, 1.165) is 89.5 Å². The lowest BCUT2D eigenvalue weighted by molar-refractivity contribution is 1.18. The van der Waals surface area contributed by atoms with E-state index in [2.05, 4.69) is 338 Å². The highest BCUT2D eigenvalue weighted by Crippen LogP contribution is 2.46. The Balaban J connectivity index is 0.600. The Labute approximate surface area is 621 Å². The summed E-state index contributed by atoms with van der Waals surface area (Å²) in [7, 11) is 0. The van der Waals surface area contributed by atoms with Crippen molar-refractivity contribution in [2.24, 2.45) is 0 Å². The summed E-state index contributed by atoms with van der Waals surface area (Å²) in [6.45, 7) is 0. The lowest BCUT2D eigenvalue weighted by Crippen LogP contribution is -1.98. The molecular formula is C102H60N6. The molecule has 0 spiro atoms. The van der Waals surface area contributed by atoms with Crippen molar-refractivity contribution in [3.05, 3.63) is 365 Å². The predicted octanol–water partition coefficient (Wildman–Crippen LogP) is 26.8. The van der Waals surface area contributed by atoms with Gasteiger partial charge in [-0.05, 0) is 207 Å². The Bertz CT molecular complexity index is 7370. The van der Waals surface area contributed by atoms with Gasteiger partial charge in [0.15, 0.2) is 11.6 Å². The second-order valence-corrected chi connectivity index (χ2v) is 28.4. The molecule has 108 heavy (non-hydrogen) atoms. The molecule has 0 atom stereocenters. The molecule has 0 saturated carbocycles. The van der Waals surface area contributed by atoms with E-state index in [0.29, 0.717) is 11.6 Å². The van der Waals surface area contributed by atoms with Gasteiger partial charge in [0.25, 0.3) is 0 Å². The topological polar surface area (TPSA) is 77.3 Å². The number of pyridine rings is 2. The van der Waals surface area contributed by atoms with Gasteiger partial charge in [-0.1, -0.05) is 285 Å². The molecule has 0 N–H and O–H groups in total. The number of aromatic nitrogens is 6. The summed E-state index contributed by atoms with van der Waals surface area (Å²) in [4.78, 5) is 30.7. The summed E-state index contributed by atoms with van der Waals surface area (Å²) >= 11 is 0. The van der Waals surface area contributed by atoms with Gasteiger partial charge in [-0.15, -0.1) is 0 Å². The zero-order valence-corrected chi connectivity index (χ0v) is 58.3. The summed E-state index contributed by atoms with van der Waals surface area (Å²) in [5, 5.41) is 24.4. The first-order chi connectivity index (χ1) is 53.5. The molecule has 0 radical (unpaired) electrons. The van der Waals surface area contributed by atoms with Gasteiger partial charge in [0.1, 0.15) is 0 Å². The van der Waals surface area contributed by atoms with Crippen LogP contribution < -0.4 is 0 Å². The quantitative estimate of drug-likeness (QED) is 0.120. The highest BCUT2D eigenvalue weighted by Gasteiger charge is 2.22. The smallest absolute Gasteiger partial charge is 0.161 e. The molecule has 22 rings (SSSR count). The summed E-state index contributed by atoms with van der Waals surface area (Å²) in [6, 6.07) is 124. The van der Waals surface area contributed by atoms with E-state index in [-0.39, 0.29) is 0 Å². The molecule has 6 heteroatoms. The highest BCUT2D eigenvalue weighted by molar-refractivity contribution is 6.27. The van der Waals surface area contributed by atoms with Crippen LogP contribution in [0.15, 0.2) is 365 Å². The lowest BCUT2D eigenvalue weighted by atomic mass is 9.89. The Morgan fingerprint density at radius 1 is 0.157 bits per heavy atom. The van der Waals surface area contributed by atoms with Gasteiger partial charge >= 0.3 is 0 Å². The van der Waals surface area contributed by atoms with Crippen LogP contribution in [0.2, 0.25) is 0 Å². The Morgan fingerprint density at radius 2 is 0.537 bits per heavy atom. The number of nitrogens with zero attached hydrogens (tertiary/aromatic N) is 6. The van der Waals surface area contributed by atoms with E-state index in [1.165, 1.54) is 130 Å². The Hall–Kier alpha value is -14.5. The molecule has 0 bridgehead atoms.